The van der Waals surface area contributed by atoms with Crippen molar-refractivity contribution in [2.24, 2.45) is 0 Å². The molecule has 0 unspecified atom stereocenters. The summed E-state index contributed by atoms with van der Waals surface area (Å²) in [5.74, 6) is 0.863. The summed E-state index contributed by atoms with van der Waals surface area (Å²) in [6.45, 7) is 6.90. The molecule has 0 spiro atoms. The Hall–Kier alpha value is -2.36. The van der Waals surface area contributed by atoms with Crippen molar-refractivity contribution in [3.8, 4) is 0 Å². The Balaban J connectivity index is 0.00000210. The number of amides is 1. The highest BCUT2D eigenvalue weighted by molar-refractivity contribution is 6.45. The third-order valence-corrected chi connectivity index (χ3v) is 6.43. The Morgan fingerprint density at radius 1 is 1.06 bits per heavy atom. The predicted molar refractivity (Wildman–Crippen MR) is 136 cm³/mol. The van der Waals surface area contributed by atoms with E-state index in [-0.39, 0.29) is 18.3 Å². The normalized spacial score (nSPS) is 18.1. The van der Waals surface area contributed by atoms with Gasteiger partial charge in [-0.2, -0.15) is 13.2 Å². The van der Waals surface area contributed by atoms with Crippen molar-refractivity contribution in [2.75, 3.05) is 50.0 Å². The van der Waals surface area contributed by atoms with Gasteiger partial charge < -0.3 is 20.4 Å². The van der Waals surface area contributed by atoms with Gasteiger partial charge in [-0.1, -0.05) is 33.1 Å². The Morgan fingerprint density at radius 2 is 1.66 bits per heavy atom. The highest BCUT2D eigenvalue weighted by Gasteiger charge is 2.30. The Labute approximate surface area is 207 Å². The number of nitrogens with one attached hydrogen (secondary N) is 3. The SMILES string of the molecule is CC.CNc1nc(N2CCCCCCC2)ccc1C(=N)C(=O)NC1CCN(CCC(F)(F)F)CC1. The fourth-order valence-electron chi connectivity index (χ4n) is 4.46. The molecule has 10 heteroatoms. The summed E-state index contributed by atoms with van der Waals surface area (Å²) in [5.41, 5.74) is 0.277. The number of hydrogen-bond donors (Lipinski definition) is 3. The van der Waals surface area contributed by atoms with E-state index in [2.05, 4.69) is 20.5 Å². The molecule has 0 radical (unpaired) electrons. The van der Waals surface area contributed by atoms with Crippen LogP contribution in [0.1, 0.15) is 70.8 Å². The molecule has 0 aliphatic carbocycles. The van der Waals surface area contributed by atoms with Gasteiger partial charge in [0.1, 0.15) is 17.3 Å². The molecule has 3 rings (SSSR count). The lowest BCUT2D eigenvalue weighted by Crippen LogP contribution is -2.47. The summed E-state index contributed by atoms with van der Waals surface area (Å²) in [5, 5.41) is 14.3. The molecule has 0 atom stereocenters. The van der Waals surface area contributed by atoms with E-state index in [0.29, 0.717) is 37.3 Å². The molecule has 35 heavy (non-hydrogen) atoms. The van der Waals surface area contributed by atoms with Crippen LogP contribution in [0.5, 0.6) is 0 Å². The minimum Gasteiger partial charge on any atom is -0.373 e. The molecule has 3 N–H and O–H groups in total. The number of aromatic nitrogens is 1. The molecule has 198 valence electrons. The van der Waals surface area contributed by atoms with E-state index in [9.17, 15) is 18.0 Å². The lowest BCUT2D eigenvalue weighted by Gasteiger charge is -2.32. The smallest absolute Gasteiger partial charge is 0.373 e. The van der Waals surface area contributed by atoms with Crippen molar-refractivity contribution in [1.29, 1.82) is 5.41 Å². The lowest BCUT2D eigenvalue weighted by molar-refractivity contribution is -0.138. The molecule has 0 bridgehead atoms. The van der Waals surface area contributed by atoms with Crippen LogP contribution in [0.3, 0.4) is 0 Å². The fourth-order valence-corrected chi connectivity index (χ4v) is 4.46. The van der Waals surface area contributed by atoms with E-state index < -0.39 is 18.5 Å². The van der Waals surface area contributed by atoms with E-state index in [0.717, 1.165) is 31.7 Å². The first-order chi connectivity index (χ1) is 16.8. The maximum absolute atomic E-state index is 12.7. The average molecular weight is 499 g/mol. The predicted octanol–water partition coefficient (Wildman–Crippen LogP) is 4.82. The maximum Gasteiger partial charge on any atom is 0.390 e. The summed E-state index contributed by atoms with van der Waals surface area (Å²) >= 11 is 0. The minimum absolute atomic E-state index is 0.0133. The molecule has 1 amide bonds. The number of anilines is 2. The Kier molecular flexibility index (Phi) is 11.8. The van der Waals surface area contributed by atoms with E-state index in [1.54, 1.807) is 18.0 Å². The van der Waals surface area contributed by atoms with Gasteiger partial charge in [-0.25, -0.2) is 4.98 Å². The van der Waals surface area contributed by atoms with E-state index >= 15 is 0 Å². The van der Waals surface area contributed by atoms with Crippen molar-refractivity contribution < 1.29 is 18.0 Å². The second-order valence-electron chi connectivity index (χ2n) is 8.90. The van der Waals surface area contributed by atoms with Crippen molar-refractivity contribution in [1.82, 2.24) is 15.2 Å². The third-order valence-electron chi connectivity index (χ3n) is 6.43. The largest absolute Gasteiger partial charge is 0.390 e. The van der Waals surface area contributed by atoms with Gasteiger partial charge in [0, 0.05) is 51.4 Å². The fraction of sp³-hybridized carbons (Fsp3) is 0.720. The number of nitrogens with zero attached hydrogens (tertiary/aromatic N) is 3. The number of halogens is 3. The molecule has 0 aromatic carbocycles. The molecule has 2 saturated heterocycles. The second-order valence-corrected chi connectivity index (χ2v) is 8.90. The second kappa shape index (κ2) is 14.3. The third kappa shape index (κ3) is 9.31. The minimum atomic E-state index is -4.15. The molecular formula is C25H41F3N6O. The van der Waals surface area contributed by atoms with Crippen LogP contribution < -0.4 is 15.5 Å². The van der Waals surface area contributed by atoms with E-state index in [1.807, 2.05) is 19.9 Å². The lowest BCUT2D eigenvalue weighted by atomic mass is 10.0. The number of likely N-dealkylation sites (tertiary alicyclic amines) is 1. The first-order valence-electron chi connectivity index (χ1n) is 12.9. The van der Waals surface area contributed by atoms with Crippen LogP contribution >= 0.6 is 0 Å². The summed E-state index contributed by atoms with van der Waals surface area (Å²) in [6.07, 6.45) is 2.16. The topological polar surface area (TPSA) is 84.4 Å². The summed E-state index contributed by atoms with van der Waals surface area (Å²) < 4.78 is 37.2. The number of carbonyl (C=O) groups is 1. The standard InChI is InChI=1S/C23H35F3N6O.C2H6/c1-28-21-18(7-8-19(30-21)32-12-5-3-2-4-6-13-32)20(27)22(33)29-17-9-14-31(15-10-17)16-11-23(24,25)26;1-2/h7-8,17,27H,2-6,9-16H2,1H3,(H,28,30)(H,29,33);1-2H3. The van der Waals surface area contributed by atoms with Gasteiger partial charge in [-0.15, -0.1) is 0 Å². The summed E-state index contributed by atoms with van der Waals surface area (Å²) in [7, 11) is 1.73. The molecule has 2 aliphatic rings. The monoisotopic (exact) mass is 498 g/mol. The molecule has 0 saturated carbocycles. The number of rotatable bonds is 7. The zero-order valence-corrected chi connectivity index (χ0v) is 21.3. The Bertz CT molecular complexity index is 801. The van der Waals surface area contributed by atoms with E-state index in [1.165, 1.54) is 19.3 Å². The van der Waals surface area contributed by atoms with Crippen LogP contribution in [0, 0.1) is 5.41 Å². The highest BCUT2D eigenvalue weighted by Crippen LogP contribution is 2.23. The molecule has 2 fully saturated rings. The molecule has 1 aromatic heterocycles. The van der Waals surface area contributed by atoms with Gasteiger partial charge in [0.2, 0.25) is 0 Å². The van der Waals surface area contributed by atoms with Crippen LogP contribution in [0.4, 0.5) is 24.8 Å². The zero-order chi connectivity index (χ0) is 25.8. The van der Waals surface area contributed by atoms with Crippen LogP contribution in [0.15, 0.2) is 12.1 Å². The number of pyridine rings is 1. The zero-order valence-electron chi connectivity index (χ0n) is 21.3. The maximum atomic E-state index is 12.7. The number of piperidine rings is 1. The molecular weight excluding hydrogens is 457 g/mol. The first-order valence-corrected chi connectivity index (χ1v) is 12.9. The summed E-state index contributed by atoms with van der Waals surface area (Å²) in [6, 6.07) is 3.50. The molecule has 2 aliphatic heterocycles. The van der Waals surface area contributed by atoms with Crippen molar-refractivity contribution >= 4 is 23.3 Å². The number of carbonyl (C=O) groups excluding carboxylic acids is 1. The van der Waals surface area contributed by atoms with Gasteiger partial charge in [0.15, 0.2) is 0 Å². The average Bonchev–Trinajstić information content (AvgIpc) is 2.83. The first kappa shape index (κ1) is 28.9. The summed E-state index contributed by atoms with van der Waals surface area (Å²) in [4.78, 5) is 21.4. The van der Waals surface area contributed by atoms with Crippen LogP contribution in [0.25, 0.3) is 0 Å². The van der Waals surface area contributed by atoms with Crippen molar-refractivity contribution in [3.05, 3.63) is 17.7 Å². The van der Waals surface area contributed by atoms with Gasteiger partial charge in [0.25, 0.3) is 5.91 Å². The number of hydrogen-bond acceptors (Lipinski definition) is 6. The highest BCUT2D eigenvalue weighted by atomic mass is 19.4. The quantitative estimate of drug-likeness (QED) is 0.470. The van der Waals surface area contributed by atoms with Crippen molar-refractivity contribution in [3.63, 3.8) is 0 Å². The van der Waals surface area contributed by atoms with Gasteiger partial charge in [0.05, 0.1) is 6.42 Å². The van der Waals surface area contributed by atoms with Crippen LogP contribution in [-0.2, 0) is 4.79 Å². The van der Waals surface area contributed by atoms with E-state index in [4.69, 9.17) is 5.41 Å². The van der Waals surface area contributed by atoms with Crippen molar-refractivity contribution in [2.45, 2.75) is 77.4 Å². The molecule has 7 nitrogen and oxygen atoms in total. The van der Waals surface area contributed by atoms with Crippen LogP contribution in [-0.4, -0.2) is 73.5 Å². The van der Waals surface area contributed by atoms with Crippen LogP contribution in [0.2, 0.25) is 0 Å². The molecule has 1 aromatic rings. The Morgan fingerprint density at radius 3 is 2.23 bits per heavy atom. The van der Waals surface area contributed by atoms with Gasteiger partial charge in [-0.3, -0.25) is 10.2 Å². The number of alkyl halides is 3. The van der Waals surface area contributed by atoms with Gasteiger partial charge >= 0.3 is 6.18 Å². The molecule has 3 heterocycles. The van der Waals surface area contributed by atoms with Gasteiger partial charge in [-0.05, 0) is 37.8 Å².